The zero-order valence-corrected chi connectivity index (χ0v) is 42.8. The molecule has 10 nitrogen and oxygen atoms in total. The van der Waals surface area contributed by atoms with Crippen LogP contribution < -0.4 is 20.7 Å². The van der Waals surface area contributed by atoms with Gasteiger partial charge in [0.2, 0.25) is 0 Å². The normalized spacial score (nSPS) is 14.0. The van der Waals surface area contributed by atoms with E-state index >= 15 is 4.79 Å². The topological polar surface area (TPSA) is 143 Å². The second-order valence-electron chi connectivity index (χ2n) is 20.3. The molecule has 0 saturated heterocycles. The number of fused-ring (bicyclic) bond motifs is 4. The number of hydrogen-bond donors (Lipinski definition) is 1. The third-order valence-corrected chi connectivity index (χ3v) is 20.0. The van der Waals surface area contributed by atoms with E-state index in [2.05, 4.69) is 78.6 Å². The van der Waals surface area contributed by atoms with Gasteiger partial charge in [-0.25, -0.2) is 19.2 Å². The van der Waals surface area contributed by atoms with E-state index in [9.17, 15) is 24.3 Å². The number of methoxy groups -OCH3 is 4. The maximum Gasteiger partial charge on any atom is 0.338 e. The molecule has 0 aromatic heterocycles. The van der Waals surface area contributed by atoms with E-state index in [0.29, 0.717) is 59.0 Å². The number of ketones is 1. The molecule has 6 rings (SSSR count). The lowest BCUT2D eigenvalue weighted by Gasteiger charge is -2.39. The number of aliphatic hydroxyl groups is 1. The molecule has 0 bridgehead atoms. The fourth-order valence-electron chi connectivity index (χ4n) is 9.66. The third kappa shape index (κ3) is 7.22. The molecule has 0 unspecified atom stereocenters. The van der Waals surface area contributed by atoms with Crippen LogP contribution in [0.4, 0.5) is 0 Å². The second kappa shape index (κ2) is 15.7. The quantitative estimate of drug-likeness (QED) is 0.0921. The molecule has 5 aromatic carbocycles. The summed E-state index contributed by atoms with van der Waals surface area (Å²) in [7, 11) is -5.27. The summed E-state index contributed by atoms with van der Waals surface area (Å²) in [6, 6.07) is 16.4. The Balaban J connectivity index is 1.97. The SMILES string of the molecule is COC(=O)c1c(C(=O)OC)c([Si](C)(C)C)c2cc3c(cc2c1[Si](C)(C)C)C(=O)c1cc2c([Si](C)(C)C)c(C(=O)OC)c(C(=O)OC)c([Si](C)(C)C)c2cc1C3(O)c1ccccc1. The van der Waals surface area contributed by atoms with Crippen molar-refractivity contribution in [2.24, 2.45) is 0 Å². The molecule has 0 saturated carbocycles. The Labute approximate surface area is 368 Å². The average Bonchev–Trinajstić information content (AvgIpc) is 3.20. The average molecular weight is 907 g/mol. The second-order valence-corrected chi connectivity index (χ2v) is 40.3. The fourth-order valence-corrected chi connectivity index (χ4v) is 17.6. The summed E-state index contributed by atoms with van der Waals surface area (Å²) in [6.45, 7) is 24.9. The van der Waals surface area contributed by atoms with Crippen molar-refractivity contribution in [1.29, 1.82) is 0 Å². The van der Waals surface area contributed by atoms with E-state index in [1.165, 1.54) is 28.4 Å². The zero-order valence-electron chi connectivity index (χ0n) is 38.8. The van der Waals surface area contributed by atoms with Crippen molar-refractivity contribution in [3.63, 3.8) is 0 Å². The van der Waals surface area contributed by atoms with Crippen molar-refractivity contribution in [3.8, 4) is 0 Å². The third-order valence-electron chi connectivity index (χ3n) is 11.9. The minimum absolute atomic E-state index is 0.145. The molecule has 1 aliphatic rings. The van der Waals surface area contributed by atoms with E-state index in [1.807, 2.05) is 42.5 Å². The predicted molar refractivity (Wildman–Crippen MR) is 257 cm³/mol. The largest absolute Gasteiger partial charge is 0.465 e. The van der Waals surface area contributed by atoms with E-state index in [0.717, 1.165) is 0 Å². The summed E-state index contributed by atoms with van der Waals surface area (Å²) in [4.78, 5) is 71.7. The first kappa shape index (κ1) is 46.5. The number of benzene rings is 5. The molecule has 0 fully saturated rings. The Bertz CT molecular complexity index is 2600. The highest BCUT2D eigenvalue weighted by Gasteiger charge is 2.48. The minimum atomic E-state index is -2.61. The summed E-state index contributed by atoms with van der Waals surface area (Å²) < 4.78 is 21.6. The van der Waals surface area contributed by atoms with Crippen LogP contribution in [0.3, 0.4) is 0 Å². The van der Waals surface area contributed by atoms with Crippen molar-refractivity contribution in [2.75, 3.05) is 28.4 Å². The van der Waals surface area contributed by atoms with Crippen LogP contribution >= 0.6 is 0 Å². The summed E-state index contributed by atoms with van der Waals surface area (Å²) in [5, 5.41) is 19.1. The molecule has 0 amide bonds. The van der Waals surface area contributed by atoms with Crippen LogP contribution in [0.25, 0.3) is 21.5 Å². The van der Waals surface area contributed by atoms with Gasteiger partial charge in [-0.3, -0.25) is 4.79 Å². The van der Waals surface area contributed by atoms with Gasteiger partial charge in [0.15, 0.2) is 5.78 Å². The van der Waals surface area contributed by atoms with E-state index in [1.54, 1.807) is 12.1 Å². The Morgan fingerprint density at radius 2 is 0.710 bits per heavy atom. The van der Waals surface area contributed by atoms with Crippen LogP contribution in [0.1, 0.15) is 74.0 Å². The van der Waals surface area contributed by atoms with Crippen LogP contribution in [0.15, 0.2) is 54.6 Å². The minimum Gasteiger partial charge on any atom is -0.465 e. The fraction of sp³-hybridized carbons (Fsp3) is 0.354. The lowest BCUT2D eigenvalue weighted by molar-refractivity contribution is 0.0558. The number of hydrogen-bond acceptors (Lipinski definition) is 10. The number of ether oxygens (including phenoxy) is 4. The Hall–Kier alpha value is -5.00. The molecule has 0 heterocycles. The van der Waals surface area contributed by atoms with Crippen molar-refractivity contribution < 1.29 is 48.0 Å². The molecule has 0 radical (unpaired) electrons. The number of esters is 4. The van der Waals surface area contributed by atoms with Crippen molar-refractivity contribution in [2.45, 2.75) is 84.2 Å². The molecular formula is C48H58O10Si4. The smallest absolute Gasteiger partial charge is 0.338 e. The van der Waals surface area contributed by atoms with E-state index in [4.69, 9.17) is 18.9 Å². The number of rotatable bonds is 9. The molecular weight excluding hydrogens is 849 g/mol. The molecule has 5 aromatic rings. The van der Waals surface area contributed by atoms with Crippen molar-refractivity contribution in [3.05, 3.63) is 105 Å². The molecule has 0 aliphatic heterocycles. The van der Waals surface area contributed by atoms with Gasteiger partial charge < -0.3 is 24.1 Å². The first-order chi connectivity index (χ1) is 28.6. The van der Waals surface area contributed by atoms with Crippen LogP contribution in [0, 0.1) is 0 Å². The van der Waals surface area contributed by atoms with Crippen LogP contribution in [0.5, 0.6) is 0 Å². The van der Waals surface area contributed by atoms with Gasteiger partial charge in [0.1, 0.15) is 5.60 Å². The van der Waals surface area contributed by atoms with Crippen LogP contribution in [-0.2, 0) is 24.5 Å². The first-order valence-corrected chi connectivity index (χ1v) is 34.7. The van der Waals surface area contributed by atoms with Gasteiger partial charge in [-0.2, -0.15) is 0 Å². The Morgan fingerprint density at radius 1 is 0.452 bits per heavy atom. The Kier molecular flexibility index (Phi) is 11.7. The van der Waals surface area contributed by atoms with E-state index < -0.39 is 61.8 Å². The maximum absolute atomic E-state index is 15.6. The summed E-state index contributed by atoms with van der Waals surface area (Å²) in [5.41, 5.74) is 0.227. The van der Waals surface area contributed by atoms with Crippen LogP contribution in [0.2, 0.25) is 78.6 Å². The molecule has 1 N–H and O–H groups in total. The predicted octanol–water partition coefficient (Wildman–Crippen LogP) is 7.15. The van der Waals surface area contributed by atoms with Gasteiger partial charge in [-0.05, 0) is 72.1 Å². The molecule has 14 heteroatoms. The zero-order chi connectivity index (χ0) is 46.4. The van der Waals surface area contributed by atoms with Crippen molar-refractivity contribution >= 4 is 104 Å². The summed E-state index contributed by atoms with van der Waals surface area (Å²) in [6.07, 6.45) is 0. The first-order valence-electron chi connectivity index (χ1n) is 20.7. The van der Waals surface area contributed by atoms with Gasteiger partial charge in [-0.15, -0.1) is 0 Å². The monoisotopic (exact) mass is 906 g/mol. The highest BCUT2D eigenvalue weighted by Crippen LogP contribution is 2.47. The summed E-state index contributed by atoms with van der Waals surface area (Å²) in [5.74, 6) is -3.04. The lowest BCUT2D eigenvalue weighted by Crippen LogP contribution is -2.51. The van der Waals surface area contributed by atoms with Crippen LogP contribution in [-0.4, -0.2) is 95.5 Å². The molecule has 62 heavy (non-hydrogen) atoms. The van der Waals surface area contributed by atoms with Gasteiger partial charge >= 0.3 is 23.9 Å². The van der Waals surface area contributed by atoms with Gasteiger partial charge in [0.25, 0.3) is 0 Å². The standard InChI is InChI=1S/C48H58O10Si4/c1-55-44(50)35-37(46(52)57-3)42(61(11,12)13)29-24-33-31(22-27(29)40(35)59(5,6)7)39(49)32-23-28-30(25-34(32)48(33,54)26-20-18-17-19-21-26)43(62(14,15)16)38(47(53)58-4)36(45(51)56-2)41(28)60(8,9)10/h17-25,54H,1-16H3. The van der Waals surface area contributed by atoms with Gasteiger partial charge in [0.05, 0.1) is 83.0 Å². The molecule has 0 atom stereocenters. The number of carbonyl (C=O) groups is 5. The Morgan fingerprint density at radius 3 is 0.952 bits per heavy atom. The van der Waals surface area contributed by atoms with Gasteiger partial charge in [-0.1, -0.05) is 109 Å². The van der Waals surface area contributed by atoms with Gasteiger partial charge in [0, 0.05) is 22.3 Å². The summed E-state index contributed by atoms with van der Waals surface area (Å²) >= 11 is 0. The van der Waals surface area contributed by atoms with Crippen molar-refractivity contribution in [1.82, 2.24) is 0 Å². The van der Waals surface area contributed by atoms with E-state index in [-0.39, 0.29) is 39.2 Å². The maximum atomic E-state index is 15.6. The molecule has 1 aliphatic carbocycles. The highest BCUT2D eigenvalue weighted by atomic mass is 28.3. The lowest BCUT2D eigenvalue weighted by atomic mass is 9.69. The highest BCUT2D eigenvalue weighted by molar-refractivity contribution is 6.95. The number of carbonyl (C=O) groups excluding carboxylic acids is 5. The molecule has 0 spiro atoms. The molecule has 326 valence electrons.